The zero-order valence-corrected chi connectivity index (χ0v) is 53.2. The van der Waals surface area contributed by atoms with Crippen LogP contribution >= 0.6 is 11.6 Å². The molecule has 6 aliphatic rings. The fraction of sp³-hybridized carbons (Fsp3) is 0.817. The molecular weight excluding hydrogens is 1140 g/mol. The predicted molar refractivity (Wildman–Crippen MR) is 313 cm³/mol. The molecule has 6 rings (SSSR count). The number of likely N-dealkylation sites (N-methyl/N-ethyl adjacent to an activating group) is 5. The number of alkyl halides is 4. The van der Waals surface area contributed by atoms with E-state index in [2.05, 4.69) is 21.3 Å². The van der Waals surface area contributed by atoms with E-state index < -0.39 is 154 Å². The third-order valence-electron chi connectivity index (χ3n) is 20.2. The van der Waals surface area contributed by atoms with Crippen LogP contribution in [0.2, 0.25) is 0 Å². The maximum atomic E-state index is 15.1. The number of rotatable bonds is 6. The van der Waals surface area contributed by atoms with Crippen molar-refractivity contribution < 1.29 is 65.9 Å². The molecule has 1 spiro atoms. The van der Waals surface area contributed by atoms with Gasteiger partial charge in [-0.25, -0.2) is 0 Å². The van der Waals surface area contributed by atoms with Crippen molar-refractivity contribution in [1.82, 2.24) is 55.6 Å². The molecule has 0 aromatic carbocycles. The Morgan fingerprint density at radius 1 is 0.570 bits per heavy atom. The first-order valence-corrected chi connectivity index (χ1v) is 31.6. The maximum absolute atomic E-state index is 15.1. The van der Waals surface area contributed by atoms with Crippen molar-refractivity contribution >= 4 is 76.6 Å². The Hall–Kier alpha value is -5.75. The van der Waals surface area contributed by atoms with E-state index in [0.717, 1.165) is 17.7 Å². The summed E-state index contributed by atoms with van der Waals surface area (Å²) in [6.07, 6.45) is 1.22. The highest BCUT2D eigenvalue weighted by molar-refractivity contribution is 6.20. The molecule has 0 bridgehead atoms. The number of carbonyl (C=O) groups excluding carboxylic acids is 11. The van der Waals surface area contributed by atoms with Crippen molar-refractivity contribution in [3.05, 3.63) is 0 Å². The Bertz CT molecular complexity index is 2530. The SMILES string of the molecule is CC[C@H](C)[C@@H]1NC(=O)[C@H](C)N(C)C(=O)C[C@@H](C)NC(=O)[C@H](C2CCCC2)N(C)C(=O)C2(CCCC2)NC(=O)[C@@H]2CCCN2C(=O)[C@H](CCC2CCC(C(F)(F)F)C(Cl)C2)NC(=O)[C@@H](C)N(C)C(=O)[C@H](C)N(C)C(=O)[C@@H]2CCN2C(=O)[C@H](C)N(C)C1=O. The molecule has 3 heterocycles. The van der Waals surface area contributed by atoms with Crippen LogP contribution in [0.3, 0.4) is 0 Å². The topological polar surface area (TPSA) is 259 Å². The van der Waals surface area contributed by atoms with Gasteiger partial charge in [-0.1, -0.05) is 46.0 Å². The van der Waals surface area contributed by atoms with Gasteiger partial charge in [0, 0.05) is 66.2 Å². The Balaban J connectivity index is 1.32. The van der Waals surface area contributed by atoms with E-state index in [1.54, 1.807) is 13.8 Å². The Kier molecular flexibility index (Phi) is 23.4. The molecule has 3 saturated carbocycles. The molecule has 26 heteroatoms. The minimum Gasteiger partial charge on any atom is -0.351 e. The third-order valence-corrected chi connectivity index (χ3v) is 20.6. The van der Waals surface area contributed by atoms with Crippen LogP contribution in [0.5, 0.6) is 0 Å². The molecule has 3 unspecified atom stereocenters. The van der Waals surface area contributed by atoms with Crippen molar-refractivity contribution in [2.24, 2.45) is 23.7 Å². The zero-order chi connectivity index (χ0) is 64.0. The van der Waals surface area contributed by atoms with Crippen molar-refractivity contribution in [2.45, 2.75) is 242 Å². The van der Waals surface area contributed by atoms with Crippen LogP contribution in [-0.4, -0.2) is 225 Å². The summed E-state index contributed by atoms with van der Waals surface area (Å²) in [6.45, 7) is 11.4. The van der Waals surface area contributed by atoms with E-state index in [4.69, 9.17) is 11.6 Å². The summed E-state index contributed by atoms with van der Waals surface area (Å²) >= 11 is 6.34. The van der Waals surface area contributed by atoms with Gasteiger partial charge in [0.25, 0.3) is 0 Å². The normalized spacial score (nSPS) is 33.5. The highest BCUT2D eigenvalue weighted by Crippen LogP contribution is 2.44. The van der Waals surface area contributed by atoms with Gasteiger partial charge in [0.2, 0.25) is 65.0 Å². The second kappa shape index (κ2) is 29.0. The van der Waals surface area contributed by atoms with Gasteiger partial charge in [0.1, 0.15) is 59.9 Å². The van der Waals surface area contributed by atoms with Crippen LogP contribution in [0.15, 0.2) is 0 Å². The van der Waals surface area contributed by atoms with Crippen LogP contribution in [0.25, 0.3) is 0 Å². The lowest BCUT2D eigenvalue weighted by atomic mass is 9.78. The van der Waals surface area contributed by atoms with Gasteiger partial charge in [0.15, 0.2) is 0 Å². The lowest BCUT2D eigenvalue weighted by molar-refractivity contribution is -0.182. The summed E-state index contributed by atoms with van der Waals surface area (Å²) in [7, 11) is 7.15. The third kappa shape index (κ3) is 15.4. The van der Waals surface area contributed by atoms with E-state index in [0.29, 0.717) is 38.5 Å². The average molecular weight is 1240 g/mol. The molecule has 14 atom stereocenters. The number of halogens is 4. The maximum Gasteiger partial charge on any atom is 0.393 e. The molecule has 4 N–H and O–H groups in total. The Morgan fingerprint density at radius 2 is 1.14 bits per heavy atom. The van der Waals surface area contributed by atoms with E-state index in [9.17, 15) is 56.3 Å². The van der Waals surface area contributed by atoms with Gasteiger partial charge in [-0.3, -0.25) is 52.7 Å². The Labute approximate surface area is 509 Å². The van der Waals surface area contributed by atoms with E-state index in [-0.39, 0.29) is 89.1 Å². The molecular formula is C60H95ClF3N11O11. The highest BCUT2D eigenvalue weighted by Gasteiger charge is 2.52. The number of nitrogens with one attached hydrogen (secondary N) is 4. The molecule has 6 fully saturated rings. The lowest BCUT2D eigenvalue weighted by Crippen LogP contribution is -2.65. The standard InChI is InChI=1S/C60H95ClF3N11O11/c1-13-33(2)47-57(85)72(11)38(7)54(82)75-30-26-45(75)56(84)71(10)37(6)53(81)70(9)36(5)49(77)66-43(25-23-39-22-24-41(42(61)32-39)60(62,63)64)55(83)74-29-18-21-44(74)51(79)68-59(27-16-17-28-59)58(86)73(12)48(40-19-14-15-20-40)52(80)65-34(3)31-46(76)69(8)35(4)50(78)67-47/h33-45,47-48H,13-32H2,1-12H3,(H,65,80)(H,66,77)(H,67,78)(H,68,79)/t33-,34+,35-,36+,37-,38-,39?,41?,42?,43-,44-,45-,47-,48-/m0/s1. The number of nitrogens with zero attached hydrogens (tertiary/aromatic N) is 7. The first-order chi connectivity index (χ1) is 40.3. The summed E-state index contributed by atoms with van der Waals surface area (Å²) in [6, 6.07) is -10.9. The number of hydrogen-bond donors (Lipinski definition) is 4. The van der Waals surface area contributed by atoms with Crippen LogP contribution in [0.1, 0.15) is 164 Å². The minimum absolute atomic E-state index is 0.0127. The summed E-state index contributed by atoms with van der Waals surface area (Å²) < 4.78 is 41.6. The molecule has 3 aliphatic heterocycles. The van der Waals surface area contributed by atoms with Gasteiger partial charge in [-0.15, -0.1) is 11.6 Å². The molecule has 484 valence electrons. The van der Waals surface area contributed by atoms with Crippen molar-refractivity contribution in [3.8, 4) is 0 Å². The smallest absolute Gasteiger partial charge is 0.351 e. The molecule has 0 aromatic heterocycles. The number of hydrogen-bond acceptors (Lipinski definition) is 11. The number of amides is 11. The summed E-state index contributed by atoms with van der Waals surface area (Å²) in [5.74, 6) is -9.25. The van der Waals surface area contributed by atoms with Crippen LogP contribution in [0.4, 0.5) is 13.2 Å². The lowest BCUT2D eigenvalue weighted by Gasteiger charge is -2.45. The van der Waals surface area contributed by atoms with E-state index in [1.807, 2.05) is 6.92 Å². The van der Waals surface area contributed by atoms with Gasteiger partial charge < -0.3 is 55.6 Å². The van der Waals surface area contributed by atoms with Crippen LogP contribution in [-0.2, 0) is 52.7 Å². The van der Waals surface area contributed by atoms with Crippen molar-refractivity contribution in [3.63, 3.8) is 0 Å². The molecule has 86 heavy (non-hydrogen) atoms. The van der Waals surface area contributed by atoms with Crippen LogP contribution in [0, 0.1) is 23.7 Å². The molecule has 3 aliphatic carbocycles. The molecule has 22 nitrogen and oxygen atoms in total. The van der Waals surface area contributed by atoms with E-state index in [1.165, 1.54) is 92.3 Å². The van der Waals surface area contributed by atoms with Gasteiger partial charge in [-0.05, 0) is 129 Å². The summed E-state index contributed by atoms with van der Waals surface area (Å²) in [4.78, 5) is 167. The Morgan fingerprint density at radius 3 is 1.72 bits per heavy atom. The fourth-order valence-electron chi connectivity index (χ4n) is 13.5. The molecule has 0 radical (unpaired) electrons. The predicted octanol–water partition coefficient (Wildman–Crippen LogP) is 3.70. The van der Waals surface area contributed by atoms with E-state index >= 15 is 9.59 Å². The number of carbonyl (C=O) groups is 11. The highest BCUT2D eigenvalue weighted by atomic mass is 35.5. The molecule has 11 amide bonds. The molecule has 3 saturated heterocycles. The second-order valence-corrected chi connectivity index (χ2v) is 26.3. The first kappa shape index (κ1) is 69.4. The monoisotopic (exact) mass is 1240 g/mol. The van der Waals surface area contributed by atoms with Crippen molar-refractivity contribution in [2.75, 3.05) is 48.3 Å². The second-order valence-electron chi connectivity index (χ2n) is 25.7. The summed E-state index contributed by atoms with van der Waals surface area (Å²) in [5.41, 5.74) is -1.46. The average Bonchev–Trinajstić information content (AvgIpc) is 3.33. The number of fused-ring (bicyclic) bond motifs is 2. The fourth-order valence-corrected chi connectivity index (χ4v) is 14.0. The molecule has 0 aromatic rings. The van der Waals surface area contributed by atoms with Crippen LogP contribution < -0.4 is 21.3 Å². The quantitative estimate of drug-likeness (QED) is 0.279. The van der Waals surface area contributed by atoms with Gasteiger partial charge in [0.05, 0.1) is 5.92 Å². The largest absolute Gasteiger partial charge is 0.393 e. The van der Waals surface area contributed by atoms with Crippen molar-refractivity contribution in [1.29, 1.82) is 0 Å². The zero-order valence-electron chi connectivity index (χ0n) is 52.4. The summed E-state index contributed by atoms with van der Waals surface area (Å²) in [5, 5.41) is 10.4. The first-order valence-electron chi connectivity index (χ1n) is 31.2. The van der Waals surface area contributed by atoms with Gasteiger partial charge in [-0.2, -0.15) is 13.2 Å². The van der Waals surface area contributed by atoms with Gasteiger partial charge >= 0.3 is 6.18 Å². The minimum atomic E-state index is -4.49.